The van der Waals surface area contributed by atoms with E-state index in [0.717, 1.165) is 31.4 Å². The predicted octanol–water partition coefficient (Wildman–Crippen LogP) is 2.98. The molecule has 2 unspecified atom stereocenters. The number of hydrogen-bond donors (Lipinski definition) is 0. The van der Waals surface area contributed by atoms with Crippen LogP contribution < -0.4 is 4.74 Å². The first-order valence-electron chi connectivity index (χ1n) is 7.17. The molecule has 3 rings (SSSR count). The molecular formula is C16H20O3. The van der Waals surface area contributed by atoms with Gasteiger partial charge in [-0.2, -0.15) is 0 Å². The van der Waals surface area contributed by atoms with Gasteiger partial charge in [0.2, 0.25) is 0 Å². The molecule has 0 spiro atoms. The Morgan fingerprint density at radius 2 is 1.84 bits per heavy atom. The van der Waals surface area contributed by atoms with Gasteiger partial charge < -0.3 is 9.47 Å². The molecule has 102 valence electrons. The Hall–Kier alpha value is -1.35. The Morgan fingerprint density at radius 3 is 2.53 bits per heavy atom. The zero-order valence-electron chi connectivity index (χ0n) is 11.1. The van der Waals surface area contributed by atoms with Gasteiger partial charge in [-0.25, -0.2) is 0 Å². The fourth-order valence-electron chi connectivity index (χ4n) is 3.11. The van der Waals surface area contributed by atoms with Crippen LogP contribution in [-0.2, 0) is 9.53 Å². The second kappa shape index (κ2) is 5.74. The van der Waals surface area contributed by atoms with Crippen molar-refractivity contribution in [3.63, 3.8) is 0 Å². The number of fused-ring (bicyclic) bond motifs is 2. The number of benzene rings is 1. The van der Waals surface area contributed by atoms with Crippen LogP contribution in [0.1, 0.15) is 32.1 Å². The Balaban J connectivity index is 1.44. The van der Waals surface area contributed by atoms with Crippen molar-refractivity contribution >= 4 is 5.78 Å². The van der Waals surface area contributed by atoms with Crippen LogP contribution in [0.2, 0.25) is 0 Å². The summed E-state index contributed by atoms with van der Waals surface area (Å²) in [5, 5.41) is 0. The van der Waals surface area contributed by atoms with Gasteiger partial charge in [-0.1, -0.05) is 18.2 Å². The summed E-state index contributed by atoms with van der Waals surface area (Å²) < 4.78 is 11.4. The van der Waals surface area contributed by atoms with Gasteiger partial charge in [0.25, 0.3) is 0 Å². The van der Waals surface area contributed by atoms with Crippen LogP contribution in [0.5, 0.6) is 5.75 Å². The van der Waals surface area contributed by atoms with Gasteiger partial charge in [0.15, 0.2) is 0 Å². The Kier molecular flexibility index (Phi) is 3.83. The first kappa shape index (κ1) is 12.7. The Labute approximate surface area is 113 Å². The van der Waals surface area contributed by atoms with Crippen molar-refractivity contribution in [3.05, 3.63) is 30.3 Å². The lowest BCUT2D eigenvalue weighted by Crippen LogP contribution is -2.30. The predicted molar refractivity (Wildman–Crippen MR) is 72.2 cm³/mol. The number of ketones is 1. The molecule has 19 heavy (non-hydrogen) atoms. The zero-order chi connectivity index (χ0) is 13.1. The average Bonchev–Trinajstić information content (AvgIpc) is 2.78. The summed E-state index contributed by atoms with van der Waals surface area (Å²) in [5.41, 5.74) is 0. The minimum Gasteiger partial charge on any atom is -0.493 e. The summed E-state index contributed by atoms with van der Waals surface area (Å²) in [7, 11) is 0. The first-order chi connectivity index (χ1) is 9.31. The van der Waals surface area contributed by atoms with E-state index in [4.69, 9.17) is 9.47 Å². The minimum atomic E-state index is 0.200. The van der Waals surface area contributed by atoms with Gasteiger partial charge in [-0.3, -0.25) is 4.79 Å². The highest BCUT2D eigenvalue weighted by Crippen LogP contribution is 2.36. The lowest BCUT2D eigenvalue weighted by Gasteiger charge is -2.27. The van der Waals surface area contributed by atoms with Crippen LogP contribution >= 0.6 is 0 Å². The molecule has 0 aliphatic carbocycles. The molecule has 2 bridgehead atoms. The Bertz CT molecular complexity index is 417. The maximum atomic E-state index is 12.2. The molecule has 2 atom stereocenters. The third-order valence-corrected chi connectivity index (χ3v) is 4.11. The van der Waals surface area contributed by atoms with Crippen molar-refractivity contribution in [1.82, 2.24) is 0 Å². The van der Waals surface area contributed by atoms with Crippen LogP contribution in [0.4, 0.5) is 0 Å². The second-order valence-electron chi connectivity index (χ2n) is 5.50. The maximum absolute atomic E-state index is 12.2. The molecule has 2 aliphatic rings. The number of Topliss-reactive ketones (excluding diaryl/α,β-unsaturated/α-hetero) is 1. The normalized spacial score (nSPS) is 29.2. The highest BCUT2D eigenvalue weighted by Gasteiger charge is 2.37. The van der Waals surface area contributed by atoms with E-state index in [9.17, 15) is 4.79 Å². The molecular weight excluding hydrogens is 240 g/mol. The summed E-state index contributed by atoms with van der Waals surface area (Å²) in [4.78, 5) is 12.2. The maximum Gasteiger partial charge on any atom is 0.139 e. The third kappa shape index (κ3) is 3.16. The van der Waals surface area contributed by atoms with E-state index in [1.807, 2.05) is 30.3 Å². The van der Waals surface area contributed by atoms with E-state index in [1.54, 1.807) is 0 Å². The summed E-state index contributed by atoms with van der Waals surface area (Å²) in [6, 6.07) is 9.66. The molecule has 3 heteroatoms. The average molecular weight is 260 g/mol. The fraction of sp³-hybridized carbons (Fsp3) is 0.562. The number of para-hydroxylation sites is 1. The standard InChI is InChI=1S/C16H20O3/c17-16(8-9-18-13-4-2-1-3-5-13)12-10-14-6-7-15(11-12)19-14/h1-5,12,14-15H,6-11H2. The molecule has 2 heterocycles. The SMILES string of the molecule is O=C(CCOc1ccccc1)C1CC2CCC(C1)O2. The van der Waals surface area contributed by atoms with Gasteiger partial charge in [-0.05, 0) is 37.8 Å². The van der Waals surface area contributed by atoms with Crippen molar-refractivity contribution in [2.75, 3.05) is 6.61 Å². The lowest BCUT2D eigenvalue weighted by atomic mass is 9.90. The quantitative estimate of drug-likeness (QED) is 0.816. The smallest absolute Gasteiger partial charge is 0.139 e. The van der Waals surface area contributed by atoms with Crippen LogP contribution in [0, 0.1) is 5.92 Å². The van der Waals surface area contributed by atoms with Crippen molar-refractivity contribution in [2.45, 2.75) is 44.3 Å². The number of carbonyl (C=O) groups is 1. The van der Waals surface area contributed by atoms with E-state index in [-0.39, 0.29) is 5.92 Å². The highest BCUT2D eigenvalue weighted by atomic mass is 16.5. The van der Waals surface area contributed by atoms with Gasteiger partial charge in [0.05, 0.1) is 18.8 Å². The largest absolute Gasteiger partial charge is 0.493 e. The van der Waals surface area contributed by atoms with Gasteiger partial charge in [-0.15, -0.1) is 0 Å². The summed E-state index contributed by atoms with van der Waals surface area (Å²) >= 11 is 0. The topological polar surface area (TPSA) is 35.5 Å². The van der Waals surface area contributed by atoms with Crippen LogP contribution in [-0.4, -0.2) is 24.6 Å². The minimum absolute atomic E-state index is 0.200. The van der Waals surface area contributed by atoms with Crippen LogP contribution in [0.15, 0.2) is 30.3 Å². The first-order valence-corrected chi connectivity index (χ1v) is 7.17. The summed E-state index contributed by atoms with van der Waals surface area (Å²) in [6.45, 7) is 0.482. The lowest BCUT2D eigenvalue weighted by molar-refractivity contribution is -0.129. The van der Waals surface area contributed by atoms with E-state index in [0.29, 0.717) is 31.0 Å². The summed E-state index contributed by atoms with van der Waals surface area (Å²) in [6.07, 6.45) is 5.29. The molecule has 2 saturated heterocycles. The number of rotatable bonds is 5. The molecule has 0 radical (unpaired) electrons. The van der Waals surface area contributed by atoms with Crippen molar-refractivity contribution < 1.29 is 14.3 Å². The monoisotopic (exact) mass is 260 g/mol. The number of ether oxygens (including phenoxy) is 2. The molecule has 0 aromatic heterocycles. The van der Waals surface area contributed by atoms with E-state index >= 15 is 0 Å². The fourth-order valence-corrected chi connectivity index (χ4v) is 3.11. The molecule has 0 amide bonds. The molecule has 1 aromatic rings. The van der Waals surface area contributed by atoms with Gasteiger partial charge in [0.1, 0.15) is 11.5 Å². The third-order valence-electron chi connectivity index (χ3n) is 4.11. The van der Waals surface area contributed by atoms with Crippen molar-refractivity contribution in [3.8, 4) is 5.75 Å². The van der Waals surface area contributed by atoms with Crippen molar-refractivity contribution in [1.29, 1.82) is 0 Å². The number of hydrogen-bond acceptors (Lipinski definition) is 3. The molecule has 0 saturated carbocycles. The Morgan fingerprint density at radius 1 is 1.16 bits per heavy atom. The van der Waals surface area contributed by atoms with E-state index in [1.165, 1.54) is 0 Å². The molecule has 3 nitrogen and oxygen atoms in total. The van der Waals surface area contributed by atoms with Crippen LogP contribution in [0.25, 0.3) is 0 Å². The molecule has 0 N–H and O–H groups in total. The molecule has 2 aliphatic heterocycles. The summed E-state index contributed by atoms with van der Waals surface area (Å²) in [5.74, 6) is 1.38. The van der Waals surface area contributed by atoms with E-state index in [2.05, 4.69) is 0 Å². The number of carbonyl (C=O) groups excluding carboxylic acids is 1. The van der Waals surface area contributed by atoms with E-state index < -0.39 is 0 Å². The van der Waals surface area contributed by atoms with Gasteiger partial charge in [0, 0.05) is 12.3 Å². The van der Waals surface area contributed by atoms with Gasteiger partial charge >= 0.3 is 0 Å². The van der Waals surface area contributed by atoms with Crippen molar-refractivity contribution in [2.24, 2.45) is 5.92 Å². The molecule has 1 aromatic carbocycles. The highest BCUT2D eigenvalue weighted by molar-refractivity contribution is 5.81. The zero-order valence-corrected chi connectivity index (χ0v) is 11.1. The molecule has 2 fully saturated rings. The van der Waals surface area contributed by atoms with Crippen LogP contribution in [0.3, 0.4) is 0 Å². The second-order valence-corrected chi connectivity index (χ2v) is 5.50.